The van der Waals surface area contributed by atoms with Gasteiger partial charge in [0.1, 0.15) is 0 Å². The maximum Gasteiger partial charge on any atom is 0.407 e. The van der Waals surface area contributed by atoms with Crippen molar-refractivity contribution in [1.82, 2.24) is 9.62 Å². The first kappa shape index (κ1) is 13.8. The maximum absolute atomic E-state index is 12.0. The number of sulfonamides is 1. The van der Waals surface area contributed by atoms with E-state index in [1.165, 1.54) is 0 Å². The minimum absolute atomic E-state index is 0.0411. The van der Waals surface area contributed by atoms with Crippen molar-refractivity contribution in [2.45, 2.75) is 18.2 Å². The molecule has 1 aromatic rings. The highest BCUT2D eigenvalue weighted by molar-refractivity contribution is 7.90. The van der Waals surface area contributed by atoms with E-state index in [0.717, 1.165) is 10.5 Å². The fourth-order valence-electron chi connectivity index (χ4n) is 2.05. The largest absolute Gasteiger partial charge is 0.465 e. The molecule has 7 heteroatoms. The van der Waals surface area contributed by atoms with Crippen LogP contribution in [-0.2, 0) is 16.6 Å². The monoisotopic (exact) mass is 284 g/mol. The van der Waals surface area contributed by atoms with Crippen molar-refractivity contribution in [2.24, 2.45) is 0 Å². The molecule has 1 aromatic carbocycles. The summed E-state index contributed by atoms with van der Waals surface area (Å²) in [7, 11) is -3.48. The average Bonchev–Trinajstić information content (AvgIpc) is 2.88. The van der Waals surface area contributed by atoms with Crippen molar-refractivity contribution in [3.63, 3.8) is 0 Å². The van der Waals surface area contributed by atoms with Crippen molar-refractivity contribution in [2.75, 3.05) is 13.1 Å². The third-order valence-corrected chi connectivity index (χ3v) is 4.98. The van der Waals surface area contributed by atoms with Crippen molar-refractivity contribution in [3.05, 3.63) is 35.9 Å². The van der Waals surface area contributed by atoms with Crippen LogP contribution in [0.25, 0.3) is 0 Å². The summed E-state index contributed by atoms with van der Waals surface area (Å²) in [5, 5.41) is 8.16. The third kappa shape index (κ3) is 3.45. The van der Waals surface area contributed by atoms with Gasteiger partial charge in [-0.15, -0.1) is 0 Å². The molecule has 1 unspecified atom stereocenters. The van der Waals surface area contributed by atoms with Gasteiger partial charge in [0.05, 0.1) is 5.25 Å². The van der Waals surface area contributed by atoms with Gasteiger partial charge < -0.3 is 10.0 Å². The summed E-state index contributed by atoms with van der Waals surface area (Å²) in [6, 6.07) is 9.21. The van der Waals surface area contributed by atoms with Crippen molar-refractivity contribution in [3.8, 4) is 0 Å². The van der Waals surface area contributed by atoms with E-state index in [1.54, 1.807) is 0 Å². The van der Waals surface area contributed by atoms with Crippen molar-refractivity contribution in [1.29, 1.82) is 0 Å². The molecule has 104 valence electrons. The number of hydrogen-bond donors (Lipinski definition) is 2. The van der Waals surface area contributed by atoms with Crippen LogP contribution in [0, 0.1) is 0 Å². The molecule has 0 bridgehead atoms. The topological polar surface area (TPSA) is 86.7 Å². The van der Waals surface area contributed by atoms with Crippen LogP contribution in [-0.4, -0.2) is 42.9 Å². The number of rotatable bonds is 4. The first-order valence-electron chi connectivity index (χ1n) is 5.99. The minimum Gasteiger partial charge on any atom is -0.465 e. The molecule has 6 nitrogen and oxygen atoms in total. The SMILES string of the molecule is O=C(O)N1CCC(S(=O)(=O)NCc2ccccc2)C1. The van der Waals surface area contributed by atoms with E-state index in [9.17, 15) is 13.2 Å². The Balaban J connectivity index is 1.94. The van der Waals surface area contributed by atoms with Gasteiger partial charge in [0.15, 0.2) is 0 Å². The van der Waals surface area contributed by atoms with E-state index in [-0.39, 0.29) is 19.6 Å². The van der Waals surface area contributed by atoms with Gasteiger partial charge in [0.25, 0.3) is 0 Å². The Hall–Kier alpha value is -1.60. The van der Waals surface area contributed by atoms with E-state index in [2.05, 4.69) is 4.72 Å². The van der Waals surface area contributed by atoms with Gasteiger partial charge in [0.2, 0.25) is 10.0 Å². The Labute approximate surface area is 112 Å². The number of carboxylic acid groups (broad SMARTS) is 1. The molecule has 0 radical (unpaired) electrons. The van der Waals surface area contributed by atoms with E-state index in [1.807, 2.05) is 30.3 Å². The number of amides is 1. The Morgan fingerprint density at radius 3 is 2.63 bits per heavy atom. The standard InChI is InChI=1S/C12H16N2O4S/c15-12(16)14-7-6-11(9-14)19(17,18)13-8-10-4-2-1-3-5-10/h1-5,11,13H,6-9H2,(H,15,16). The lowest BCUT2D eigenvalue weighted by atomic mass is 10.2. The van der Waals surface area contributed by atoms with Gasteiger partial charge in [-0.1, -0.05) is 30.3 Å². The summed E-state index contributed by atoms with van der Waals surface area (Å²) in [6.45, 7) is 0.540. The van der Waals surface area contributed by atoms with E-state index in [0.29, 0.717) is 6.42 Å². The third-order valence-electron chi connectivity index (χ3n) is 3.17. The van der Waals surface area contributed by atoms with Gasteiger partial charge in [0, 0.05) is 19.6 Å². The zero-order valence-corrected chi connectivity index (χ0v) is 11.1. The van der Waals surface area contributed by atoms with Crippen LogP contribution in [0.2, 0.25) is 0 Å². The van der Waals surface area contributed by atoms with Crippen LogP contribution < -0.4 is 4.72 Å². The maximum atomic E-state index is 12.0. The first-order valence-corrected chi connectivity index (χ1v) is 7.54. The second kappa shape index (κ2) is 5.58. The van der Waals surface area contributed by atoms with Gasteiger partial charge in [-0.25, -0.2) is 17.9 Å². The van der Waals surface area contributed by atoms with Crippen LogP contribution in [0.4, 0.5) is 4.79 Å². The molecule has 0 spiro atoms. The second-order valence-electron chi connectivity index (χ2n) is 4.49. The summed E-state index contributed by atoms with van der Waals surface area (Å²) >= 11 is 0. The Bertz CT molecular complexity index is 544. The lowest BCUT2D eigenvalue weighted by Gasteiger charge is -2.14. The molecule has 1 atom stereocenters. The number of likely N-dealkylation sites (tertiary alicyclic amines) is 1. The minimum atomic E-state index is -3.48. The second-order valence-corrected chi connectivity index (χ2v) is 6.54. The quantitative estimate of drug-likeness (QED) is 0.858. The Morgan fingerprint density at radius 2 is 2.05 bits per heavy atom. The fourth-order valence-corrected chi connectivity index (χ4v) is 3.45. The highest BCUT2D eigenvalue weighted by Gasteiger charge is 2.34. The zero-order chi connectivity index (χ0) is 13.9. The van der Waals surface area contributed by atoms with Crippen LogP contribution in [0.5, 0.6) is 0 Å². The molecule has 2 N–H and O–H groups in total. The number of carbonyl (C=O) groups is 1. The highest BCUT2D eigenvalue weighted by Crippen LogP contribution is 2.16. The molecule has 1 heterocycles. The molecule has 19 heavy (non-hydrogen) atoms. The molecular formula is C12H16N2O4S. The summed E-state index contributed by atoms with van der Waals surface area (Å²) in [6.07, 6.45) is -0.725. The van der Waals surface area contributed by atoms with E-state index in [4.69, 9.17) is 5.11 Å². The predicted molar refractivity (Wildman–Crippen MR) is 70.2 cm³/mol. The number of benzene rings is 1. The molecule has 2 rings (SSSR count). The van der Waals surface area contributed by atoms with E-state index >= 15 is 0 Å². The van der Waals surface area contributed by atoms with E-state index < -0.39 is 21.4 Å². The highest BCUT2D eigenvalue weighted by atomic mass is 32.2. The summed E-state index contributed by atoms with van der Waals surface area (Å²) in [5.41, 5.74) is 0.874. The molecule has 1 fully saturated rings. The fraction of sp³-hybridized carbons (Fsp3) is 0.417. The molecule has 1 aliphatic rings. The molecule has 1 amide bonds. The molecule has 1 aliphatic heterocycles. The van der Waals surface area contributed by atoms with Gasteiger partial charge in [-0.05, 0) is 12.0 Å². The van der Waals surface area contributed by atoms with Crippen LogP contribution in [0.3, 0.4) is 0 Å². The number of nitrogens with one attached hydrogen (secondary N) is 1. The normalized spacial score (nSPS) is 19.6. The molecular weight excluding hydrogens is 268 g/mol. The van der Waals surface area contributed by atoms with Gasteiger partial charge in [-0.3, -0.25) is 0 Å². The lowest BCUT2D eigenvalue weighted by Crippen LogP contribution is -2.37. The molecule has 0 saturated carbocycles. The number of hydrogen-bond acceptors (Lipinski definition) is 3. The van der Waals surface area contributed by atoms with Gasteiger partial charge in [-0.2, -0.15) is 0 Å². The molecule has 1 saturated heterocycles. The average molecular weight is 284 g/mol. The van der Waals surface area contributed by atoms with Gasteiger partial charge >= 0.3 is 6.09 Å². The summed E-state index contributed by atoms with van der Waals surface area (Å²) in [4.78, 5) is 11.9. The predicted octanol–water partition coefficient (Wildman–Crippen LogP) is 0.858. The van der Waals surface area contributed by atoms with Crippen LogP contribution in [0.15, 0.2) is 30.3 Å². The van der Waals surface area contributed by atoms with Crippen molar-refractivity contribution >= 4 is 16.1 Å². The lowest BCUT2D eigenvalue weighted by molar-refractivity contribution is 0.156. The molecule has 0 aliphatic carbocycles. The molecule has 0 aromatic heterocycles. The van der Waals surface area contributed by atoms with Crippen LogP contribution in [0.1, 0.15) is 12.0 Å². The number of nitrogens with zero attached hydrogens (tertiary/aromatic N) is 1. The Kier molecular flexibility index (Phi) is 4.06. The zero-order valence-electron chi connectivity index (χ0n) is 10.3. The Morgan fingerprint density at radius 1 is 1.37 bits per heavy atom. The summed E-state index contributed by atoms with van der Waals surface area (Å²) < 4.78 is 26.6. The van der Waals surface area contributed by atoms with Crippen molar-refractivity contribution < 1.29 is 18.3 Å². The van der Waals surface area contributed by atoms with Crippen LogP contribution >= 0.6 is 0 Å². The first-order chi connectivity index (χ1) is 8.99. The smallest absolute Gasteiger partial charge is 0.407 e. The summed E-state index contributed by atoms with van der Waals surface area (Å²) in [5.74, 6) is 0.